The highest BCUT2D eigenvalue weighted by molar-refractivity contribution is 9.08. The van der Waals surface area contributed by atoms with Gasteiger partial charge in [-0.15, -0.1) is 0 Å². The SMILES string of the molecule is CCCC[P+](CCCC)(CCCC)CCCNBr. The summed E-state index contributed by atoms with van der Waals surface area (Å²) >= 11 is 3.34. The third kappa shape index (κ3) is 8.88. The van der Waals surface area contributed by atoms with E-state index < -0.39 is 7.26 Å². The van der Waals surface area contributed by atoms with Gasteiger partial charge in [0.2, 0.25) is 0 Å². The second-order valence-corrected chi connectivity index (χ2v) is 10.6. The number of hydrogen-bond acceptors (Lipinski definition) is 1. The minimum atomic E-state index is -0.636. The molecule has 0 atom stereocenters. The maximum absolute atomic E-state index is 3.34. The molecule has 0 aromatic rings. The van der Waals surface area contributed by atoms with E-state index in [2.05, 4.69) is 41.3 Å². The minimum Gasteiger partial charge on any atom is -0.256 e. The third-order valence-corrected chi connectivity index (χ3v) is 9.32. The van der Waals surface area contributed by atoms with Crippen LogP contribution in [0, 0.1) is 0 Å². The number of nitrogens with one attached hydrogen (secondary N) is 1. The lowest BCUT2D eigenvalue weighted by Gasteiger charge is -2.28. The lowest BCUT2D eigenvalue weighted by molar-refractivity contribution is 0.816. The van der Waals surface area contributed by atoms with Crippen LogP contribution in [0.2, 0.25) is 0 Å². The van der Waals surface area contributed by atoms with Crippen molar-refractivity contribution in [3.05, 3.63) is 0 Å². The smallest absolute Gasteiger partial charge is 0.0606 e. The van der Waals surface area contributed by atoms with Crippen molar-refractivity contribution < 1.29 is 0 Å². The van der Waals surface area contributed by atoms with Gasteiger partial charge in [0.05, 0.1) is 24.6 Å². The van der Waals surface area contributed by atoms with E-state index in [1.165, 1.54) is 51.1 Å². The lowest BCUT2D eigenvalue weighted by Crippen LogP contribution is -2.15. The van der Waals surface area contributed by atoms with Gasteiger partial charge in [-0.05, 0) is 25.7 Å². The average Bonchev–Trinajstić information content (AvgIpc) is 2.40. The monoisotopic (exact) mass is 338 g/mol. The molecule has 0 bridgehead atoms. The number of rotatable bonds is 13. The fourth-order valence-corrected chi connectivity index (χ4v) is 8.04. The first-order valence-corrected chi connectivity index (χ1v) is 11.3. The van der Waals surface area contributed by atoms with E-state index in [0.717, 1.165) is 6.54 Å². The Morgan fingerprint density at radius 1 is 0.722 bits per heavy atom. The molecule has 0 heterocycles. The molecule has 18 heavy (non-hydrogen) atoms. The molecule has 0 unspecified atom stereocenters. The van der Waals surface area contributed by atoms with Crippen LogP contribution in [-0.2, 0) is 0 Å². The van der Waals surface area contributed by atoms with Crippen molar-refractivity contribution in [3.63, 3.8) is 0 Å². The Morgan fingerprint density at radius 3 is 1.44 bits per heavy atom. The van der Waals surface area contributed by atoms with Gasteiger partial charge in [0, 0.05) is 30.0 Å². The number of unbranched alkanes of at least 4 members (excludes halogenated alkanes) is 3. The maximum Gasteiger partial charge on any atom is 0.0606 e. The van der Waals surface area contributed by atoms with Crippen molar-refractivity contribution in [2.45, 2.75) is 65.7 Å². The van der Waals surface area contributed by atoms with Gasteiger partial charge in [-0.2, -0.15) is 0 Å². The Hall–Kier alpha value is 0.870. The molecule has 0 saturated heterocycles. The molecule has 0 aliphatic heterocycles. The zero-order valence-electron chi connectivity index (χ0n) is 12.8. The molecule has 0 fully saturated rings. The van der Waals surface area contributed by atoms with Crippen LogP contribution in [0.3, 0.4) is 0 Å². The van der Waals surface area contributed by atoms with Crippen LogP contribution in [0.15, 0.2) is 0 Å². The summed E-state index contributed by atoms with van der Waals surface area (Å²) in [6.07, 6.45) is 16.1. The van der Waals surface area contributed by atoms with Crippen LogP contribution in [0.5, 0.6) is 0 Å². The lowest BCUT2D eigenvalue weighted by atomic mass is 10.4. The topological polar surface area (TPSA) is 12.0 Å². The molecule has 0 aromatic heterocycles. The van der Waals surface area contributed by atoms with E-state index in [1.807, 2.05) is 0 Å². The summed E-state index contributed by atoms with van der Waals surface area (Å²) in [6.45, 7) is 8.16. The summed E-state index contributed by atoms with van der Waals surface area (Å²) in [7, 11) is -0.636. The highest BCUT2D eigenvalue weighted by atomic mass is 79.9. The van der Waals surface area contributed by atoms with Crippen LogP contribution < -0.4 is 4.34 Å². The molecule has 1 nitrogen and oxygen atoms in total. The summed E-state index contributed by atoms with van der Waals surface area (Å²) in [4.78, 5) is 0. The largest absolute Gasteiger partial charge is 0.256 e. The minimum absolute atomic E-state index is 0.636. The first kappa shape index (κ1) is 18.9. The second-order valence-electron chi connectivity index (χ2n) is 5.53. The van der Waals surface area contributed by atoms with E-state index in [4.69, 9.17) is 0 Å². The van der Waals surface area contributed by atoms with Crippen LogP contribution in [-0.4, -0.2) is 31.2 Å². The summed E-state index contributed by atoms with van der Waals surface area (Å²) in [5.74, 6) is 0. The molecule has 0 radical (unpaired) electrons. The zero-order valence-corrected chi connectivity index (χ0v) is 15.3. The Kier molecular flexibility index (Phi) is 13.5. The molecule has 0 aliphatic rings. The molecular formula is C15H34BrNP+. The quantitative estimate of drug-likeness (QED) is 0.258. The molecule has 110 valence electrons. The zero-order chi connectivity index (χ0) is 13.7. The standard InChI is InChI=1S/C15H34BrNP/c1-4-7-12-18(13-8-5-2,14-9-6-3)15-10-11-17-16/h17H,4-15H2,1-3H3/q+1. The van der Waals surface area contributed by atoms with Crippen LogP contribution in [0.1, 0.15) is 65.7 Å². The first-order chi connectivity index (χ1) is 8.74. The van der Waals surface area contributed by atoms with Gasteiger partial charge in [-0.25, -0.2) is 0 Å². The predicted molar refractivity (Wildman–Crippen MR) is 92.7 cm³/mol. The summed E-state index contributed by atoms with van der Waals surface area (Å²) < 4.78 is 3.14. The van der Waals surface area contributed by atoms with Crippen molar-refractivity contribution in [2.75, 3.05) is 31.2 Å². The van der Waals surface area contributed by atoms with Gasteiger partial charge < -0.3 is 0 Å². The van der Waals surface area contributed by atoms with Crippen LogP contribution in [0.25, 0.3) is 0 Å². The molecule has 1 N–H and O–H groups in total. The highest BCUT2D eigenvalue weighted by Crippen LogP contribution is 2.61. The van der Waals surface area contributed by atoms with Gasteiger partial charge in [-0.3, -0.25) is 4.34 Å². The van der Waals surface area contributed by atoms with Gasteiger partial charge in [-0.1, -0.05) is 40.0 Å². The molecule has 0 amide bonds. The van der Waals surface area contributed by atoms with Crippen LogP contribution in [0.4, 0.5) is 0 Å². The molecule has 0 saturated carbocycles. The molecule has 0 aromatic carbocycles. The van der Waals surface area contributed by atoms with Crippen molar-refractivity contribution in [1.82, 2.24) is 4.34 Å². The predicted octanol–water partition coefficient (Wildman–Crippen LogP) is 5.69. The highest BCUT2D eigenvalue weighted by Gasteiger charge is 2.34. The van der Waals surface area contributed by atoms with E-state index in [1.54, 1.807) is 18.5 Å². The molecule has 3 heteroatoms. The Labute approximate surface area is 125 Å². The van der Waals surface area contributed by atoms with Crippen LogP contribution >= 0.6 is 23.4 Å². The van der Waals surface area contributed by atoms with Crippen molar-refractivity contribution in [2.24, 2.45) is 0 Å². The summed E-state index contributed by atoms with van der Waals surface area (Å²) in [5.41, 5.74) is 0. The van der Waals surface area contributed by atoms with E-state index >= 15 is 0 Å². The average molecular weight is 339 g/mol. The van der Waals surface area contributed by atoms with E-state index in [9.17, 15) is 0 Å². The molecule has 0 spiro atoms. The second kappa shape index (κ2) is 12.9. The number of halogens is 1. The van der Waals surface area contributed by atoms with E-state index in [-0.39, 0.29) is 0 Å². The molecular weight excluding hydrogens is 305 g/mol. The number of hydrogen-bond donors (Lipinski definition) is 1. The van der Waals surface area contributed by atoms with Crippen molar-refractivity contribution >= 4 is 23.4 Å². The normalized spacial score (nSPS) is 12.0. The van der Waals surface area contributed by atoms with E-state index in [0.29, 0.717) is 0 Å². The van der Waals surface area contributed by atoms with Crippen molar-refractivity contribution in [1.29, 1.82) is 0 Å². The van der Waals surface area contributed by atoms with Crippen molar-refractivity contribution in [3.8, 4) is 0 Å². The van der Waals surface area contributed by atoms with Gasteiger partial charge in [0.25, 0.3) is 0 Å². The first-order valence-electron chi connectivity index (χ1n) is 7.93. The third-order valence-electron chi connectivity index (χ3n) is 3.86. The Balaban J connectivity index is 4.41. The van der Waals surface area contributed by atoms with Gasteiger partial charge >= 0.3 is 0 Å². The molecule has 0 aliphatic carbocycles. The van der Waals surface area contributed by atoms with Gasteiger partial charge in [0.1, 0.15) is 0 Å². The maximum atomic E-state index is 3.34. The Bertz CT molecular complexity index is 154. The summed E-state index contributed by atoms with van der Waals surface area (Å²) in [5, 5.41) is 0. The summed E-state index contributed by atoms with van der Waals surface area (Å²) in [6, 6.07) is 0. The fourth-order valence-electron chi connectivity index (χ4n) is 2.63. The van der Waals surface area contributed by atoms with Gasteiger partial charge in [0.15, 0.2) is 0 Å². The molecule has 0 rings (SSSR count). The fraction of sp³-hybridized carbons (Fsp3) is 1.00. The Morgan fingerprint density at radius 2 is 1.11 bits per heavy atom.